The van der Waals surface area contributed by atoms with Crippen molar-refractivity contribution in [3.05, 3.63) is 47.3 Å². The lowest BCUT2D eigenvalue weighted by molar-refractivity contribution is 0.0300. The Morgan fingerprint density at radius 1 is 1.21 bits per heavy atom. The number of ketones is 1. The quantitative estimate of drug-likeness (QED) is 0.780. The highest BCUT2D eigenvalue weighted by atomic mass is 16.5. The van der Waals surface area contributed by atoms with Crippen LogP contribution < -0.4 is 9.64 Å². The van der Waals surface area contributed by atoms with Gasteiger partial charge in [0.25, 0.3) is 5.91 Å². The van der Waals surface area contributed by atoms with Crippen molar-refractivity contribution >= 4 is 17.6 Å². The van der Waals surface area contributed by atoms with Crippen molar-refractivity contribution in [2.75, 3.05) is 32.1 Å². The lowest BCUT2D eigenvalue weighted by Crippen LogP contribution is -2.43. The number of nitrogens with zero attached hydrogens (tertiary/aromatic N) is 4. The SMILES string of the molecule is Cc1nc(N(C)C)ncc1C(=O)N1CCCC2(CC1)CC(=O)c1ccccc1O2. The molecule has 1 atom stereocenters. The van der Waals surface area contributed by atoms with Crippen LogP contribution >= 0.6 is 0 Å². The third-order valence-electron chi connectivity index (χ3n) is 5.78. The van der Waals surface area contributed by atoms with Crippen LogP contribution in [0, 0.1) is 6.92 Å². The highest BCUT2D eigenvalue weighted by Gasteiger charge is 2.42. The molecule has 1 unspecified atom stereocenters. The molecule has 0 aliphatic carbocycles. The fourth-order valence-electron chi connectivity index (χ4n) is 4.14. The molecule has 1 spiro atoms. The number of aryl methyl sites for hydroxylation is 1. The topological polar surface area (TPSA) is 75.6 Å². The van der Waals surface area contributed by atoms with Gasteiger partial charge in [0.1, 0.15) is 11.4 Å². The van der Waals surface area contributed by atoms with Gasteiger partial charge in [-0.05, 0) is 31.9 Å². The zero-order valence-corrected chi connectivity index (χ0v) is 17.1. The summed E-state index contributed by atoms with van der Waals surface area (Å²) in [6, 6.07) is 7.42. The second-order valence-corrected chi connectivity index (χ2v) is 8.09. The molecule has 3 heterocycles. The van der Waals surface area contributed by atoms with Crippen LogP contribution in [-0.4, -0.2) is 59.3 Å². The van der Waals surface area contributed by atoms with Crippen LogP contribution in [0.2, 0.25) is 0 Å². The standard InChI is InChI=1S/C22H26N4O3/c1-15-17(14-23-21(24-15)25(2)3)20(28)26-11-6-9-22(10-12-26)13-18(27)16-7-4-5-8-19(16)29-22/h4-5,7-8,14H,6,9-13H2,1-3H3. The Bertz CT molecular complexity index is 959. The van der Waals surface area contributed by atoms with Crippen LogP contribution in [0.5, 0.6) is 5.75 Å². The maximum Gasteiger partial charge on any atom is 0.257 e. The number of ether oxygens (including phenoxy) is 1. The summed E-state index contributed by atoms with van der Waals surface area (Å²) in [5.74, 6) is 1.30. The first-order valence-electron chi connectivity index (χ1n) is 10.00. The summed E-state index contributed by atoms with van der Waals surface area (Å²) in [7, 11) is 3.74. The van der Waals surface area contributed by atoms with Gasteiger partial charge in [-0.1, -0.05) is 12.1 Å². The summed E-state index contributed by atoms with van der Waals surface area (Å²) in [6.07, 6.45) is 4.15. The lowest BCUT2D eigenvalue weighted by Gasteiger charge is -2.37. The van der Waals surface area contributed by atoms with E-state index in [1.54, 1.807) is 6.20 Å². The molecule has 7 heteroatoms. The number of fused-ring (bicyclic) bond motifs is 1. The van der Waals surface area contributed by atoms with Gasteiger partial charge in [0.2, 0.25) is 5.95 Å². The second kappa shape index (κ2) is 7.46. The Balaban J connectivity index is 1.51. The number of rotatable bonds is 2. The molecule has 29 heavy (non-hydrogen) atoms. The molecule has 0 N–H and O–H groups in total. The van der Waals surface area contributed by atoms with Gasteiger partial charge >= 0.3 is 0 Å². The molecular formula is C22H26N4O3. The summed E-state index contributed by atoms with van der Waals surface area (Å²) in [5.41, 5.74) is 1.33. The maximum atomic E-state index is 13.1. The van der Waals surface area contributed by atoms with E-state index in [4.69, 9.17) is 4.74 Å². The number of anilines is 1. The van der Waals surface area contributed by atoms with Gasteiger partial charge in [-0.25, -0.2) is 9.97 Å². The molecule has 152 valence electrons. The molecule has 1 amide bonds. The molecule has 2 aromatic rings. The fraction of sp³-hybridized carbons (Fsp3) is 0.455. The lowest BCUT2D eigenvalue weighted by atomic mass is 9.84. The zero-order valence-electron chi connectivity index (χ0n) is 17.1. The van der Waals surface area contributed by atoms with E-state index in [0.717, 1.165) is 12.8 Å². The largest absolute Gasteiger partial charge is 0.486 e. The van der Waals surface area contributed by atoms with Crippen molar-refractivity contribution in [3.8, 4) is 5.75 Å². The van der Waals surface area contributed by atoms with E-state index in [-0.39, 0.29) is 11.7 Å². The maximum absolute atomic E-state index is 13.1. The summed E-state index contributed by atoms with van der Waals surface area (Å²) < 4.78 is 6.32. The summed E-state index contributed by atoms with van der Waals surface area (Å²) in [5, 5.41) is 0. The highest BCUT2D eigenvalue weighted by molar-refractivity contribution is 6.00. The van der Waals surface area contributed by atoms with Crippen molar-refractivity contribution in [3.63, 3.8) is 0 Å². The van der Waals surface area contributed by atoms with E-state index in [0.29, 0.717) is 54.4 Å². The van der Waals surface area contributed by atoms with Crippen molar-refractivity contribution in [2.24, 2.45) is 0 Å². The van der Waals surface area contributed by atoms with E-state index in [1.807, 2.05) is 55.1 Å². The molecule has 0 saturated carbocycles. The van der Waals surface area contributed by atoms with Gasteiger partial charge in [0.15, 0.2) is 5.78 Å². The minimum atomic E-state index is -0.527. The Hall–Kier alpha value is -2.96. The van der Waals surface area contributed by atoms with Crippen molar-refractivity contribution in [1.82, 2.24) is 14.9 Å². The summed E-state index contributed by atoms with van der Waals surface area (Å²) >= 11 is 0. The number of carbonyl (C=O) groups is 2. The predicted molar refractivity (Wildman–Crippen MR) is 110 cm³/mol. The van der Waals surface area contributed by atoms with Gasteiger partial charge in [0, 0.05) is 39.8 Å². The number of hydrogen-bond donors (Lipinski definition) is 0. The van der Waals surface area contributed by atoms with Crippen LogP contribution in [0.4, 0.5) is 5.95 Å². The van der Waals surface area contributed by atoms with Crippen molar-refractivity contribution in [1.29, 1.82) is 0 Å². The number of benzene rings is 1. The monoisotopic (exact) mass is 394 g/mol. The first-order valence-corrected chi connectivity index (χ1v) is 10.00. The third-order valence-corrected chi connectivity index (χ3v) is 5.78. The average Bonchev–Trinajstić information content (AvgIpc) is 2.90. The molecular weight excluding hydrogens is 368 g/mol. The highest BCUT2D eigenvalue weighted by Crippen LogP contribution is 2.39. The number of para-hydroxylation sites is 1. The molecule has 4 rings (SSSR count). The second-order valence-electron chi connectivity index (χ2n) is 8.09. The molecule has 1 aromatic heterocycles. The van der Waals surface area contributed by atoms with Gasteiger partial charge in [-0.3, -0.25) is 9.59 Å². The van der Waals surface area contributed by atoms with Crippen molar-refractivity contribution in [2.45, 2.75) is 38.2 Å². The number of likely N-dealkylation sites (tertiary alicyclic amines) is 1. The first kappa shape index (κ1) is 19.4. The third kappa shape index (κ3) is 3.69. The van der Waals surface area contributed by atoms with Crippen LogP contribution in [0.1, 0.15) is 52.1 Å². The van der Waals surface area contributed by atoms with Crippen LogP contribution in [-0.2, 0) is 0 Å². The Labute approximate surface area is 170 Å². The molecule has 0 radical (unpaired) electrons. The smallest absolute Gasteiger partial charge is 0.257 e. The molecule has 7 nitrogen and oxygen atoms in total. The normalized spacial score (nSPS) is 21.3. The fourth-order valence-corrected chi connectivity index (χ4v) is 4.14. The van der Waals surface area contributed by atoms with Crippen LogP contribution in [0.25, 0.3) is 0 Å². The van der Waals surface area contributed by atoms with Gasteiger partial charge in [-0.15, -0.1) is 0 Å². The average molecular weight is 394 g/mol. The Morgan fingerprint density at radius 3 is 2.76 bits per heavy atom. The number of aromatic nitrogens is 2. The number of carbonyl (C=O) groups excluding carboxylic acids is 2. The zero-order chi connectivity index (χ0) is 20.6. The number of amides is 1. The van der Waals surface area contributed by atoms with Gasteiger partial charge < -0.3 is 14.5 Å². The van der Waals surface area contributed by atoms with Crippen LogP contribution in [0.3, 0.4) is 0 Å². The summed E-state index contributed by atoms with van der Waals surface area (Å²) in [6.45, 7) is 3.01. The van der Waals surface area contributed by atoms with Crippen molar-refractivity contribution < 1.29 is 14.3 Å². The molecule has 1 saturated heterocycles. The van der Waals surface area contributed by atoms with E-state index in [2.05, 4.69) is 9.97 Å². The van der Waals surface area contributed by atoms with E-state index < -0.39 is 5.60 Å². The first-order chi connectivity index (χ1) is 13.9. The molecule has 1 fully saturated rings. The number of hydrogen-bond acceptors (Lipinski definition) is 6. The Morgan fingerprint density at radius 2 is 2.00 bits per heavy atom. The van der Waals surface area contributed by atoms with Gasteiger partial charge in [-0.2, -0.15) is 0 Å². The van der Waals surface area contributed by atoms with E-state index in [9.17, 15) is 9.59 Å². The van der Waals surface area contributed by atoms with E-state index >= 15 is 0 Å². The molecule has 0 bridgehead atoms. The predicted octanol–water partition coefficient (Wildman–Crippen LogP) is 2.88. The minimum Gasteiger partial charge on any atom is -0.486 e. The number of Topliss-reactive ketones (excluding diaryl/α,β-unsaturated/α-hetero) is 1. The Kier molecular flexibility index (Phi) is 4.98. The van der Waals surface area contributed by atoms with Gasteiger partial charge in [0.05, 0.1) is 23.2 Å². The van der Waals surface area contributed by atoms with Crippen LogP contribution in [0.15, 0.2) is 30.5 Å². The summed E-state index contributed by atoms with van der Waals surface area (Å²) in [4.78, 5) is 38.1. The molecule has 1 aromatic carbocycles. The van der Waals surface area contributed by atoms with E-state index in [1.165, 1.54) is 0 Å². The molecule has 2 aliphatic heterocycles. The minimum absolute atomic E-state index is 0.0626. The molecule has 2 aliphatic rings.